The van der Waals surface area contributed by atoms with E-state index in [2.05, 4.69) is 27.1 Å². The molecule has 1 aliphatic carbocycles. The van der Waals surface area contributed by atoms with Crippen LogP contribution in [0.25, 0.3) is 11.3 Å². The van der Waals surface area contributed by atoms with E-state index in [0.717, 1.165) is 24.5 Å². The van der Waals surface area contributed by atoms with Crippen molar-refractivity contribution in [3.8, 4) is 28.8 Å². The van der Waals surface area contributed by atoms with Crippen LogP contribution >= 0.6 is 0 Å². The molecule has 0 bridgehead atoms. The van der Waals surface area contributed by atoms with Gasteiger partial charge in [0.1, 0.15) is 30.3 Å². The van der Waals surface area contributed by atoms with Gasteiger partial charge in [-0.2, -0.15) is 0 Å². The summed E-state index contributed by atoms with van der Waals surface area (Å²) in [7, 11) is 1.58. The second kappa shape index (κ2) is 11.3. The minimum absolute atomic E-state index is 0.0180. The molecule has 1 saturated carbocycles. The molecular weight excluding hydrogens is 492 g/mol. The third kappa shape index (κ3) is 5.89. The van der Waals surface area contributed by atoms with E-state index in [-0.39, 0.29) is 47.6 Å². The van der Waals surface area contributed by atoms with Crippen LogP contribution in [0, 0.1) is 30.4 Å². The number of nitrogens with one attached hydrogen (secondary N) is 1. The largest absolute Gasteiger partial charge is 0.486 e. The van der Waals surface area contributed by atoms with Gasteiger partial charge in [0.25, 0.3) is 11.8 Å². The number of carbonyl (C=O) groups is 2. The van der Waals surface area contributed by atoms with Crippen LogP contribution in [-0.2, 0) is 4.79 Å². The van der Waals surface area contributed by atoms with Crippen LogP contribution in [0.4, 0.5) is 20.3 Å². The number of carbonyl (C=O) groups excluding carboxylic acids is 2. The molecular formula is C28H27F2N5O3. The summed E-state index contributed by atoms with van der Waals surface area (Å²) < 4.78 is 35.2. The summed E-state index contributed by atoms with van der Waals surface area (Å²) in [6, 6.07) is 6.94. The van der Waals surface area contributed by atoms with Crippen LogP contribution in [-0.4, -0.2) is 46.9 Å². The van der Waals surface area contributed by atoms with E-state index < -0.39 is 17.5 Å². The predicted octanol–water partition coefficient (Wildman–Crippen LogP) is 4.30. The summed E-state index contributed by atoms with van der Waals surface area (Å²) in [6.45, 7) is 3.48. The average molecular weight is 520 g/mol. The minimum Gasteiger partial charge on any atom is -0.486 e. The third-order valence-electron chi connectivity index (χ3n) is 6.25. The van der Waals surface area contributed by atoms with Gasteiger partial charge in [-0.3, -0.25) is 9.59 Å². The second-order valence-corrected chi connectivity index (χ2v) is 8.98. The molecule has 0 atom stereocenters. The van der Waals surface area contributed by atoms with Gasteiger partial charge in [-0.1, -0.05) is 12.0 Å². The zero-order chi connectivity index (χ0) is 27.4. The first-order chi connectivity index (χ1) is 18.2. The van der Waals surface area contributed by atoms with Gasteiger partial charge in [-0.15, -0.1) is 0 Å². The molecule has 1 aliphatic rings. The maximum atomic E-state index is 14.7. The van der Waals surface area contributed by atoms with Crippen LogP contribution in [0.2, 0.25) is 0 Å². The fourth-order valence-corrected chi connectivity index (χ4v) is 3.94. The number of halogens is 2. The van der Waals surface area contributed by atoms with Gasteiger partial charge in [-0.25, -0.2) is 18.7 Å². The van der Waals surface area contributed by atoms with E-state index >= 15 is 0 Å². The lowest BCUT2D eigenvalue weighted by Crippen LogP contribution is -2.29. The van der Waals surface area contributed by atoms with Gasteiger partial charge in [-0.05, 0) is 73.9 Å². The summed E-state index contributed by atoms with van der Waals surface area (Å²) in [5.41, 5.74) is 7.87. The maximum absolute atomic E-state index is 14.7. The molecule has 3 N–H and O–H groups in total. The van der Waals surface area contributed by atoms with Crippen molar-refractivity contribution in [2.24, 2.45) is 0 Å². The molecule has 0 aliphatic heterocycles. The van der Waals surface area contributed by atoms with Crippen molar-refractivity contribution in [1.29, 1.82) is 0 Å². The van der Waals surface area contributed by atoms with E-state index in [0.29, 0.717) is 17.0 Å². The Hall–Kier alpha value is -4.52. The number of benzene rings is 2. The molecule has 1 aromatic heterocycles. The normalized spacial score (nSPS) is 12.3. The number of hydrogen-bond acceptors (Lipinski definition) is 6. The number of aromatic nitrogens is 2. The van der Waals surface area contributed by atoms with E-state index in [9.17, 15) is 18.4 Å². The van der Waals surface area contributed by atoms with Crippen LogP contribution in [0.1, 0.15) is 47.2 Å². The molecule has 0 saturated heterocycles. The Bertz CT molecular complexity index is 1460. The molecule has 1 heterocycles. The van der Waals surface area contributed by atoms with Gasteiger partial charge in [0, 0.05) is 18.3 Å². The van der Waals surface area contributed by atoms with Crippen molar-refractivity contribution in [2.75, 3.05) is 31.2 Å². The Morgan fingerprint density at radius 1 is 1.21 bits per heavy atom. The van der Waals surface area contributed by atoms with E-state index in [4.69, 9.17) is 10.5 Å². The maximum Gasteiger partial charge on any atom is 0.298 e. The molecule has 4 rings (SSSR count). The van der Waals surface area contributed by atoms with E-state index in [1.807, 2.05) is 0 Å². The molecule has 3 aromatic rings. The lowest BCUT2D eigenvalue weighted by atomic mass is 10.0. The highest BCUT2D eigenvalue weighted by Gasteiger charge is 2.25. The van der Waals surface area contributed by atoms with Gasteiger partial charge in [0.2, 0.25) is 0 Å². The number of amides is 2. The van der Waals surface area contributed by atoms with E-state index in [1.54, 1.807) is 27.0 Å². The predicted molar refractivity (Wildman–Crippen MR) is 139 cm³/mol. The highest BCUT2D eigenvalue weighted by molar-refractivity contribution is 6.05. The van der Waals surface area contributed by atoms with Crippen molar-refractivity contribution in [1.82, 2.24) is 14.9 Å². The number of likely N-dealkylation sites (N-methyl/N-ethyl adjacent to an activating group) is 1. The molecule has 8 nitrogen and oxygen atoms in total. The molecule has 0 unspecified atom stereocenters. The van der Waals surface area contributed by atoms with Crippen LogP contribution in [0.3, 0.4) is 0 Å². The zero-order valence-corrected chi connectivity index (χ0v) is 21.3. The number of anilines is 2. The quantitative estimate of drug-likeness (QED) is 0.430. The Balaban J connectivity index is 1.59. The van der Waals surface area contributed by atoms with Gasteiger partial charge in [0.05, 0.1) is 12.1 Å². The Morgan fingerprint density at radius 3 is 2.66 bits per heavy atom. The SMILES string of the molecule is CC#CC(=O)N(C)CCOc1c(N)ncnc1-c1cc(F)cc(NC(=O)c2ccc(C3CC3)cc2F)c1C. The summed E-state index contributed by atoms with van der Waals surface area (Å²) in [6.07, 6.45) is 3.24. The van der Waals surface area contributed by atoms with Crippen molar-refractivity contribution < 1.29 is 23.1 Å². The van der Waals surface area contributed by atoms with Gasteiger partial charge < -0.3 is 20.7 Å². The Labute approximate surface area is 219 Å². The van der Waals surface area contributed by atoms with Crippen LogP contribution in [0.5, 0.6) is 5.75 Å². The summed E-state index contributed by atoms with van der Waals surface area (Å²) in [5.74, 6) is 3.08. The lowest BCUT2D eigenvalue weighted by Gasteiger charge is -2.18. The number of nitrogen functional groups attached to an aromatic ring is 1. The Morgan fingerprint density at radius 2 is 1.97 bits per heavy atom. The number of ether oxygens (including phenoxy) is 1. The highest BCUT2D eigenvalue weighted by atomic mass is 19.1. The first kappa shape index (κ1) is 26.5. The number of hydrogen-bond donors (Lipinski definition) is 2. The fourth-order valence-electron chi connectivity index (χ4n) is 3.94. The summed E-state index contributed by atoms with van der Waals surface area (Å²) >= 11 is 0. The van der Waals surface area contributed by atoms with Crippen LogP contribution in [0.15, 0.2) is 36.7 Å². The van der Waals surface area contributed by atoms with Crippen molar-refractivity contribution in [3.63, 3.8) is 0 Å². The van der Waals surface area contributed by atoms with E-state index in [1.165, 1.54) is 29.4 Å². The molecule has 2 amide bonds. The topological polar surface area (TPSA) is 110 Å². The molecule has 0 spiro atoms. The second-order valence-electron chi connectivity index (χ2n) is 8.98. The third-order valence-corrected chi connectivity index (χ3v) is 6.25. The average Bonchev–Trinajstić information content (AvgIpc) is 3.72. The Kier molecular flexibility index (Phi) is 7.86. The van der Waals surface area contributed by atoms with Gasteiger partial charge >= 0.3 is 0 Å². The number of rotatable bonds is 8. The first-order valence-corrected chi connectivity index (χ1v) is 12.0. The van der Waals surface area contributed by atoms with Crippen LogP contribution < -0.4 is 15.8 Å². The smallest absolute Gasteiger partial charge is 0.298 e. The monoisotopic (exact) mass is 519 g/mol. The number of nitrogens with zero attached hydrogens (tertiary/aromatic N) is 3. The number of nitrogens with two attached hydrogens (primary N) is 1. The van der Waals surface area contributed by atoms with Crippen molar-refractivity contribution in [3.05, 3.63) is 65.0 Å². The minimum atomic E-state index is -0.703. The molecule has 0 radical (unpaired) electrons. The summed E-state index contributed by atoms with van der Waals surface area (Å²) in [5, 5.41) is 2.61. The molecule has 2 aromatic carbocycles. The molecule has 10 heteroatoms. The van der Waals surface area contributed by atoms with Gasteiger partial charge in [0.15, 0.2) is 11.6 Å². The standard InChI is InChI=1S/C28H27F2N5O3/c1-4-5-24(36)35(3)10-11-38-26-25(32-15-33-27(26)31)21-13-19(29)14-23(16(21)2)34-28(37)20-9-8-18(12-22(20)30)17-6-7-17/h8-9,12-15,17H,6-7,10-11H2,1-3H3,(H,34,37)(H2,31,32,33). The first-order valence-electron chi connectivity index (χ1n) is 12.0. The van der Waals surface area contributed by atoms with Crippen molar-refractivity contribution >= 4 is 23.3 Å². The zero-order valence-electron chi connectivity index (χ0n) is 21.3. The lowest BCUT2D eigenvalue weighted by molar-refractivity contribution is -0.124. The summed E-state index contributed by atoms with van der Waals surface area (Å²) in [4.78, 5) is 34.3. The van der Waals surface area contributed by atoms with Crippen molar-refractivity contribution in [2.45, 2.75) is 32.6 Å². The molecule has 196 valence electrons. The molecule has 38 heavy (non-hydrogen) atoms. The molecule has 1 fully saturated rings. The fraction of sp³-hybridized carbons (Fsp3) is 0.286. The highest BCUT2D eigenvalue weighted by Crippen LogP contribution is 2.40.